The van der Waals surface area contributed by atoms with Gasteiger partial charge in [0.05, 0.1) is 6.04 Å². The van der Waals surface area contributed by atoms with Gasteiger partial charge in [-0.1, -0.05) is 44.9 Å². The van der Waals surface area contributed by atoms with Gasteiger partial charge in [-0.15, -0.1) is 0 Å². The Kier molecular flexibility index (Phi) is 6.23. The second-order valence-corrected chi connectivity index (χ2v) is 8.37. The molecule has 1 N–H and O–H groups in total. The van der Waals surface area contributed by atoms with Gasteiger partial charge in [-0.2, -0.15) is 0 Å². The topological polar surface area (TPSA) is 35.6 Å². The number of carbonyl (C=O) groups excluding carboxylic acids is 1. The monoisotopic (exact) mass is 357 g/mol. The molecule has 1 saturated carbocycles. The van der Waals surface area contributed by atoms with Crippen molar-refractivity contribution in [1.82, 2.24) is 10.2 Å². The fraction of sp³-hybridized carbons (Fsp3) is 0.682. The van der Waals surface area contributed by atoms with Crippen LogP contribution in [0.5, 0.6) is 0 Å². The molecule has 1 aliphatic carbocycles. The summed E-state index contributed by atoms with van der Waals surface area (Å²) in [5.41, 5.74) is 2.65. The molecule has 0 aromatic heterocycles. The van der Waals surface area contributed by atoms with E-state index in [-0.39, 0.29) is 11.9 Å². The van der Waals surface area contributed by atoms with Gasteiger partial charge in [0, 0.05) is 37.9 Å². The van der Waals surface area contributed by atoms with Crippen molar-refractivity contribution < 1.29 is 4.79 Å². The van der Waals surface area contributed by atoms with Crippen molar-refractivity contribution in [1.29, 1.82) is 0 Å². The van der Waals surface area contributed by atoms with E-state index in [2.05, 4.69) is 67.1 Å². The summed E-state index contributed by atoms with van der Waals surface area (Å²) in [5.74, 6) is 1.50. The molecule has 1 aromatic carbocycles. The zero-order valence-corrected chi connectivity index (χ0v) is 16.9. The minimum absolute atomic E-state index is 0.0431. The summed E-state index contributed by atoms with van der Waals surface area (Å²) in [6, 6.07) is 8.88. The molecule has 1 heterocycles. The maximum absolute atomic E-state index is 12.8. The molecule has 0 unspecified atom stereocenters. The molecule has 0 radical (unpaired) electrons. The first-order chi connectivity index (χ1) is 12.5. The second kappa shape index (κ2) is 8.43. The molecule has 26 heavy (non-hydrogen) atoms. The molecule has 0 spiro atoms. The molecule has 3 rings (SSSR count). The molecule has 0 bridgehead atoms. The van der Waals surface area contributed by atoms with Gasteiger partial charge in [0.1, 0.15) is 0 Å². The number of carbonyl (C=O) groups is 1. The maximum Gasteiger partial charge on any atom is 0.237 e. The number of anilines is 1. The fourth-order valence-electron chi connectivity index (χ4n) is 4.52. The van der Waals surface area contributed by atoms with Crippen LogP contribution in [0.25, 0.3) is 0 Å². The number of piperazine rings is 1. The normalized spacial score (nSPS) is 28.6. The molecule has 1 aromatic rings. The summed E-state index contributed by atoms with van der Waals surface area (Å²) in [4.78, 5) is 17.6. The van der Waals surface area contributed by atoms with Crippen molar-refractivity contribution in [3.05, 3.63) is 29.8 Å². The van der Waals surface area contributed by atoms with Crippen LogP contribution in [0.15, 0.2) is 24.3 Å². The summed E-state index contributed by atoms with van der Waals surface area (Å²) in [7, 11) is 0. The standard InChI is InChI=1S/C22H35N3O/c1-16-9-7-10-20(18(16)3)23-22(26)19(4)24-12-14-25(15-13-24)21-11-6-5-8-17(21)2/h5-6,8,11,16,18-20H,7,9-10,12-15H2,1-4H3,(H,23,26)/t16-,18-,19-,20-/m0/s1. The molecular weight excluding hydrogens is 322 g/mol. The lowest BCUT2D eigenvalue weighted by atomic mass is 9.78. The first-order valence-electron chi connectivity index (χ1n) is 10.3. The van der Waals surface area contributed by atoms with Gasteiger partial charge < -0.3 is 10.2 Å². The van der Waals surface area contributed by atoms with Crippen LogP contribution in [0.1, 0.15) is 45.6 Å². The summed E-state index contributed by atoms with van der Waals surface area (Å²) < 4.78 is 0. The van der Waals surface area contributed by atoms with Gasteiger partial charge in [-0.05, 0) is 43.7 Å². The van der Waals surface area contributed by atoms with Crippen LogP contribution in [0, 0.1) is 18.8 Å². The number of para-hydroxylation sites is 1. The fourth-order valence-corrected chi connectivity index (χ4v) is 4.52. The van der Waals surface area contributed by atoms with Crippen molar-refractivity contribution >= 4 is 11.6 Å². The summed E-state index contributed by atoms with van der Waals surface area (Å²) in [5, 5.41) is 3.35. The van der Waals surface area contributed by atoms with E-state index in [9.17, 15) is 4.79 Å². The van der Waals surface area contributed by atoms with Crippen molar-refractivity contribution in [2.75, 3.05) is 31.1 Å². The van der Waals surface area contributed by atoms with Crippen molar-refractivity contribution in [3.63, 3.8) is 0 Å². The van der Waals surface area contributed by atoms with Gasteiger partial charge in [-0.3, -0.25) is 9.69 Å². The Balaban J connectivity index is 1.52. The lowest BCUT2D eigenvalue weighted by Crippen LogP contribution is -2.56. The van der Waals surface area contributed by atoms with Gasteiger partial charge in [0.2, 0.25) is 5.91 Å². The van der Waals surface area contributed by atoms with Crippen LogP contribution < -0.4 is 10.2 Å². The zero-order valence-electron chi connectivity index (χ0n) is 16.9. The minimum Gasteiger partial charge on any atom is -0.369 e. The molecule has 1 amide bonds. The van der Waals surface area contributed by atoms with Crippen LogP contribution in [0.3, 0.4) is 0 Å². The first kappa shape index (κ1) is 19.2. The van der Waals surface area contributed by atoms with Crippen molar-refractivity contribution in [2.24, 2.45) is 11.8 Å². The van der Waals surface area contributed by atoms with E-state index in [0.29, 0.717) is 17.9 Å². The molecule has 4 heteroatoms. The molecule has 2 fully saturated rings. The quantitative estimate of drug-likeness (QED) is 0.896. The largest absolute Gasteiger partial charge is 0.369 e. The third-order valence-corrected chi connectivity index (χ3v) is 6.73. The number of nitrogens with one attached hydrogen (secondary N) is 1. The number of benzene rings is 1. The number of amides is 1. The molecular formula is C22H35N3O. The van der Waals surface area contributed by atoms with E-state index in [1.54, 1.807) is 0 Å². The Hall–Kier alpha value is -1.55. The number of aryl methyl sites for hydroxylation is 1. The molecule has 1 aliphatic heterocycles. The lowest BCUT2D eigenvalue weighted by Gasteiger charge is -2.40. The van der Waals surface area contributed by atoms with E-state index in [4.69, 9.17) is 0 Å². The first-order valence-corrected chi connectivity index (χ1v) is 10.3. The Bertz CT molecular complexity index is 609. The van der Waals surface area contributed by atoms with Crippen LogP contribution in [-0.2, 0) is 4.79 Å². The van der Waals surface area contributed by atoms with E-state index in [1.807, 2.05) is 0 Å². The molecule has 2 aliphatic rings. The van der Waals surface area contributed by atoms with E-state index >= 15 is 0 Å². The highest BCUT2D eigenvalue weighted by Gasteiger charge is 2.31. The highest BCUT2D eigenvalue weighted by molar-refractivity contribution is 5.81. The average Bonchev–Trinajstić information content (AvgIpc) is 2.65. The maximum atomic E-state index is 12.8. The van der Waals surface area contributed by atoms with E-state index < -0.39 is 0 Å². The predicted octanol–water partition coefficient (Wildman–Crippen LogP) is 3.45. The predicted molar refractivity (Wildman–Crippen MR) is 109 cm³/mol. The summed E-state index contributed by atoms with van der Waals surface area (Å²) in [6.07, 6.45) is 3.66. The van der Waals surface area contributed by atoms with Crippen LogP contribution >= 0.6 is 0 Å². The third kappa shape index (κ3) is 4.22. The highest BCUT2D eigenvalue weighted by atomic mass is 16.2. The third-order valence-electron chi connectivity index (χ3n) is 6.73. The summed E-state index contributed by atoms with van der Waals surface area (Å²) >= 11 is 0. The van der Waals surface area contributed by atoms with Gasteiger partial charge in [0.25, 0.3) is 0 Å². The van der Waals surface area contributed by atoms with Gasteiger partial charge >= 0.3 is 0 Å². The van der Waals surface area contributed by atoms with E-state index in [1.165, 1.54) is 24.1 Å². The average molecular weight is 358 g/mol. The molecule has 144 valence electrons. The SMILES string of the molecule is Cc1ccccc1N1CCN([C@@H](C)C(=O)N[C@H]2CCC[C@H](C)[C@@H]2C)CC1. The Labute approximate surface area is 158 Å². The van der Waals surface area contributed by atoms with Crippen LogP contribution in [0.2, 0.25) is 0 Å². The minimum atomic E-state index is -0.0431. The van der Waals surface area contributed by atoms with Crippen molar-refractivity contribution in [2.45, 2.75) is 59.0 Å². The second-order valence-electron chi connectivity index (χ2n) is 8.37. The Morgan fingerprint density at radius 2 is 1.81 bits per heavy atom. The van der Waals surface area contributed by atoms with Gasteiger partial charge in [-0.25, -0.2) is 0 Å². The number of nitrogens with zero attached hydrogens (tertiary/aromatic N) is 2. The van der Waals surface area contributed by atoms with Crippen molar-refractivity contribution in [3.8, 4) is 0 Å². The van der Waals surface area contributed by atoms with Crippen LogP contribution in [0.4, 0.5) is 5.69 Å². The Morgan fingerprint density at radius 1 is 1.12 bits per heavy atom. The summed E-state index contributed by atoms with van der Waals surface area (Å²) in [6.45, 7) is 12.7. The molecule has 4 atom stereocenters. The number of hydrogen-bond acceptors (Lipinski definition) is 3. The molecule has 1 saturated heterocycles. The van der Waals surface area contributed by atoms with Crippen LogP contribution in [-0.4, -0.2) is 49.1 Å². The number of hydrogen-bond donors (Lipinski definition) is 1. The van der Waals surface area contributed by atoms with E-state index in [0.717, 1.165) is 32.6 Å². The zero-order chi connectivity index (χ0) is 18.7. The molecule has 4 nitrogen and oxygen atoms in total. The lowest BCUT2D eigenvalue weighted by molar-refractivity contribution is -0.127. The highest BCUT2D eigenvalue weighted by Crippen LogP contribution is 2.29. The Morgan fingerprint density at radius 3 is 2.50 bits per heavy atom. The van der Waals surface area contributed by atoms with Gasteiger partial charge in [0.15, 0.2) is 0 Å². The number of rotatable bonds is 4. The smallest absolute Gasteiger partial charge is 0.237 e.